The van der Waals surface area contributed by atoms with E-state index in [1.807, 2.05) is 0 Å². The quantitative estimate of drug-likeness (QED) is 0.724. The predicted molar refractivity (Wildman–Crippen MR) is 60.7 cm³/mol. The van der Waals surface area contributed by atoms with E-state index in [-0.39, 0.29) is 5.56 Å². The summed E-state index contributed by atoms with van der Waals surface area (Å²) in [6, 6.07) is 5.91. The molecule has 0 saturated heterocycles. The molecule has 0 atom stereocenters. The molecule has 2 aromatic rings. The third-order valence-corrected chi connectivity index (χ3v) is 2.37. The van der Waals surface area contributed by atoms with Gasteiger partial charge in [0.1, 0.15) is 5.56 Å². The molecule has 1 heterocycles. The third-order valence-electron chi connectivity index (χ3n) is 2.37. The number of nitrogens with zero attached hydrogens (tertiary/aromatic N) is 2. The molecule has 18 heavy (non-hydrogen) atoms. The molecule has 0 aliphatic rings. The van der Waals surface area contributed by atoms with E-state index in [0.29, 0.717) is 11.3 Å². The van der Waals surface area contributed by atoms with Gasteiger partial charge in [-0.15, -0.1) is 0 Å². The number of aromatic hydroxyl groups is 1. The summed E-state index contributed by atoms with van der Waals surface area (Å²) in [6.45, 7) is 0. The minimum Gasteiger partial charge on any atom is -0.493 e. The lowest BCUT2D eigenvalue weighted by atomic mass is 10.2. The lowest BCUT2D eigenvalue weighted by Crippen LogP contribution is -2.10. The number of carboxylic acid groups (broad SMARTS) is 1. The number of primary amides is 1. The highest BCUT2D eigenvalue weighted by molar-refractivity contribution is 5.93. The number of aromatic carboxylic acids is 1. The van der Waals surface area contributed by atoms with E-state index < -0.39 is 17.8 Å². The van der Waals surface area contributed by atoms with Crippen LogP contribution in [0.25, 0.3) is 5.69 Å². The van der Waals surface area contributed by atoms with Gasteiger partial charge in [-0.1, -0.05) is 0 Å². The Kier molecular flexibility index (Phi) is 2.72. The summed E-state index contributed by atoms with van der Waals surface area (Å²) in [7, 11) is 0. The van der Waals surface area contributed by atoms with Gasteiger partial charge in [0.15, 0.2) is 0 Å². The van der Waals surface area contributed by atoms with Crippen molar-refractivity contribution in [2.75, 3.05) is 0 Å². The summed E-state index contributed by atoms with van der Waals surface area (Å²) >= 11 is 0. The topological polar surface area (TPSA) is 118 Å². The van der Waals surface area contributed by atoms with Gasteiger partial charge >= 0.3 is 5.97 Å². The van der Waals surface area contributed by atoms with Gasteiger partial charge in [-0.3, -0.25) is 4.79 Å². The second-order valence-electron chi connectivity index (χ2n) is 3.51. The molecule has 0 aliphatic heterocycles. The SMILES string of the molecule is NC(=O)c1ccc(-n2ncc(C(=O)O)c2O)cc1. The van der Waals surface area contributed by atoms with Crippen LogP contribution < -0.4 is 5.73 Å². The largest absolute Gasteiger partial charge is 0.493 e. The molecule has 1 aromatic carbocycles. The Morgan fingerprint density at radius 2 is 1.83 bits per heavy atom. The number of carbonyl (C=O) groups is 2. The summed E-state index contributed by atoms with van der Waals surface area (Å²) in [5, 5.41) is 22.2. The average Bonchev–Trinajstić information content (AvgIpc) is 2.71. The minimum absolute atomic E-state index is 0.297. The zero-order chi connectivity index (χ0) is 13.3. The molecular formula is C11H9N3O4. The molecular weight excluding hydrogens is 238 g/mol. The van der Waals surface area contributed by atoms with Gasteiger partial charge in [-0.25, -0.2) is 9.48 Å². The molecule has 1 amide bonds. The van der Waals surface area contributed by atoms with Crippen molar-refractivity contribution in [3.05, 3.63) is 41.6 Å². The molecule has 0 radical (unpaired) electrons. The maximum absolute atomic E-state index is 10.9. The van der Waals surface area contributed by atoms with Gasteiger partial charge in [0, 0.05) is 5.56 Å². The number of hydrogen-bond donors (Lipinski definition) is 3. The molecule has 7 heteroatoms. The molecule has 0 bridgehead atoms. The van der Waals surface area contributed by atoms with Crippen molar-refractivity contribution in [2.24, 2.45) is 5.73 Å². The van der Waals surface area contributed by atoms with Crippen molar-refractivity contribution in [2.45, 2.75) is 0 Å². The Morgan fingerprint density at radius 3 is 2.28 bits per heavy atom. The summed E-state index contributed by atoms with van der Waals surface area (Å²) in [6.07, 6.45) is 1.04. The van der Waals surface area contributed by atoms with Gasteiger partial charge in [-0.05, 0) is 24.3 Å². The minimum atomic E-state index is -1.27. The van der Waals surface area contributed by atoms with E-state index in [1.54, 1.807) is 0 Å². The van der Waals surface area contributed by atoms with E-state index in [9.17, 15) is 14.7 Å². The Bertz CT molecular complexity index is 616. The van der Waals surface area contributed by atoms with Crippen molar-refractivity contribution in [3.63, 3.8) is 0 Å². The van der Waals surface area contributed by atoms with Crippen molar-refractivity contribution in [3.8, 4) is 11.6 Å². The number of rotatable bonds is 3. The fourth-order valence-electron chi connectivity index (χ4n) is 1.45. The Balaban J connectivity index is 2.43. The molecule has 2 rings (SSSR count). The smallest absolute Gasteiger partial charge is 0.342 e. The molecule has 7 nitrogen and oxygen atoms in total. The van der Waals surface area contributed by atoms with E-state index in [2.05, 4.69) is 5.10 Å². The van der Waals surface area contributed by atoms with Crippen molar-refractivity contribution < 1.29 is 19.8 Å². The number of hydrogen-bond acceptors (Lipinski definition) is 4. The number of carbonyl (C=O) groups excluding carboxylic acids is 1. The van der Waals surface area contributed by atoms with Crippen molar-refractivity contribution >= 4 is 11.9 Å². The number of amides is 1. The van der Waals surface area contributed by atoms with Gasteiger partial charge in [-0.2, -0.15) is 5.10 Å². The molecule has 0 unspecified atom stereocenters. The van der Waals surface area contributed by atoms with Gasteiger partial charge in [0.2, 0.25) is 11.8 Å². The maximum atomic E-state index is 10.9. The molecule has 0 spiro atoms. The van der Waals surface area contributed by atoms with Crippen LogP contribution in [0.3, 0.4) is 0 Å². The number of nitrogens with two attached hydrogens (primary N) is 1. The van der Waals surface area contributed by atoms with Gasteiger partial charge < -0.3 is 15.9 Å². The summed E-state index contributed by atoms with van der Waals surface area (Å²) in [5.74, 6) is -2.32. The van der Waals surface area contributed by atoms with Crippen LogP contribution in [-0.2, 0) is 0 Å². The molecule has 92 valence electrons. The van der Waals surface area contributed by atoms with E-state index in [0.717, 1.165) is 10.9 Å². The monoisotopic (exact) mass is 247 g/mol. The zero-order valence-electron chi connectivity index (χ0n) is 9.07. The van der Waals surface area contributed by atoms with Crippen molar-refractivity contribution in [1.29, 1.82) is 0 Å². The lowest BCUT2D eigenvalue weighted by molar-refractivity contribution is 0.0693. The fraction of sp³-hybridized carbons (Fsp3) is 0. The predicted octanol–water partition coefficient (Wildman–Crippen LogP) is 0.375. The Labute approximate surface area is 101 Å². The fourth-order valence-corrected chi connectivity index (χ4v) is 1.45. The normalized spacial score (nSPS) is 10.2. The second kappa shape index (κ2) is 4.21. The highest BCUT2D eigenvalue weighted by Gasteiger charge is 2.16. The maximum Gasteiger partial charge on any atom is 0.342 e. The van der Waals surface area contributed by atoms with Crippen LogP contribution in [0.1, 0.15) is 20.7 Å². The van der Waals surface area contributed by atoms with Crippen LogP contribution in [0.15, 0.2) is 30.5 Å². The van der Waals surface area contributed by atoms with Crippen LogP contribution in [0, 0.1) is 0 Å². The number of aromatic nitrogens is 2. The second-order valence-corrected chi connectivity index (χ2v) is 3.51. The summed E-state index contributed by atoms with van der Waals surface area (Å²) in [4.78, 5) is 21.6. The molecule has 0 saturated carbocycles. The first-order valence-electron chi connectivity index (χ1n) is 4.91. The first-order chi connectivity index (χ1) is 8.50. The highest BCUT2D eigenvalue weighted by Crippen LogP contribution is 2.21. The number of carboxylic acids is 1. The van der Waals surface area contributed by atoms with E-state index >= 15 is 0 Å². The zero-order valence-corrected chi connectivity index (χ0v) is 9.07. The lowest BCUT2D eigenvalue weighted by Gasteiger charge is -2.03. The van der Waals surface area contributed by atoms with Gasteiger partial charge in [0.25, 0.3) is 0 Å². The molecule has 0 aliphatic carbocycles. The number of benzene rings is 1. The summed E-state index contributed by atoms with van der Waals surface area (Å²) in [5.41, 5.74) is 5.52. The highest BCUT2D eigenvalue weighted by atomic mass is 16.4. The Morgan fingerprint density at radius 1 is 1.22 bits per heavy atom. The Hall–Kier alpha value is -2.83. The van der Waals surface area contributed by atoms with Crippen LogP contribution >= 0.6 is 0 Å². The van der Waals surface area contributed by atoms with E-state index in [4.69, 9.17) is 10.8 Å². The molecule has 0 fully saturated rings. The molecule has 1 aromatic heterocycles. The van der Waals surface area contributed by atoms with Gasteiger partial charge in [0.05, 0.1) is 11.9 Å². The van der Waals surface area contributed by atoms with Crippen LogP contribution in [-0.4, -0.2) is 31.9 Å². The standard InChI is InChI=1S/C11H9N3O4/c12-9(15)6-1-3-7(4-2-6)14-10(16)8(5-13-14)11(17)18/h1-5,16H,(H2,12,15)(H,17,18). The third kappa shape index (κ3) is 1.88. The van der Waals surface area contributed by atoms with Crippen LogP contribution in [0.5, 0.6) is 5.88 Å². The van der Waals surface area contributed by atoms with Crippen LogP contribution in [0.4, 0.5) is 0 Å². The average molecular weight is 247 g/mol. The van der Waals surface area contributed by atoms with E-state index in [1.165, 1.54) is 24.3 Å². The first kappa shape index (κ1) is 11.6. The summed E-state index contributed by atoms with van der Waals surface area (Å²) < 4.78 is 1.05. The van der Waals surface area contributed by atoms with Crippen LogP contribution in [0.2, 0.25) is 0 Å². The molecule has 4 N–H and O–H groups in total. The first-order valence-corrected chi connectivity index (χ1v) is 4.91. The van der Waals surface area contributed by atoms with Crippen molar-refractivity contribution in [1.82, 2.24) is 9.78 Å².